The van der Waals surface area contributed by atoms with E-state index < -0.39 is 0 Å². The van der Waals surface area contributed by atoms with Crippen molar-refractivity contribution in [3.05, 3.63) is 45.7 Å². The molecular weight excluding hydrogens is 290 g/mol. The molecule has 0 saturated carbocycles. The lowest BCUT2D eigenvalue weighted by Gasteiger charge is -2.14. The average Bonchev–Trinajstić information content (AvgIpc) is 3.00. The molecule has 1 atom stereocenters. The molecule has 5 heteroatoms. The minimum Gasteiger partial charge on any atom is -0.317 e. The number of alkyl halides is 1. The van der Waals surface area contributed by atoms with Crippen LogP contribution >= 0.6 is 22.9 Å². The smallest absolute Gasteiger partial charge is 0.125 e. The molecule has 0 aliphatic rings. The van der Waals surface area contributed by atoms with Crippen LogP contribution in [0, 0.1) is 13.8 Å². The van der Waals surface area contributed by atoms with Crippen molar-refractivity contribution < 1.29 is 0 Å². The molecule has 104 valence electrons. The fourth-order valence-electron chi connectivity index (χ4n) is 2.46. The van der Waals surface area contributed by atoms with Gasteiger partial charge in [0.05, 0.1) is 23.0 Å². The summed E-state index contributed by atoms with van der Waals surface area (Å²) < 4.78 is 2.19. The van der Waals surface area contributed by atoms with E-state index in [1.807, 2.05) is 6.92 Å². The maximum atomic E-state index is 6.08. The standard InChI is InChI=1S/C15H16ClN3S/c1-9-4-5-13-12(6-9)18-14(7-16)19(13)11(3)15-17-10(2)8-20-15/h4-6,8,11H,7H2,1-3H3. The van der Waals surface area contributed by atoms with Crippen molar-refractivity contribution in [3.63, 3.8) is 0 Å². The van der Waals surface area contributed by atoms with Gasteiger partial charge in [-0.3, -0.25) is 0 Å². The molecule has 0 aliphatic carbocycles. The molecule has 2 heterocycles. The van der Waals surface area contributed by atoms with Gasteiger partial charge in [0, 0.05) is 11.1 Å². The largest absolute Gasteiger partial charge is 0.317 e. The average molecular weight is 306 g/mol. The van der Waals surface area contributed by atoms with E-state index in [1.165, 1.54) is 5.56 Å². The summed E-state index contributed by atoms with van der Waals surface area (Å²) >= 11 is 7.76. The molecule has 1 aromatic carbocycles. The Morgan fingerprint density at radius 1 is 1.30 bits per heavy atom. The number of hydrogen-bond acceptors (Lipinski definition) is 3. The molecule has 0 bridgehead atoms. The predicted molar refractivity (Wildman–Crippen MR) is 84.7 cm³/mol. The Morgan fingerprint density at radius 2 is 2.10 bits per heavy atom. The maximum absolute atomic E-state index is 6.08. The van der Waals surface area contributed by atoms with Crippen molar-refractivity contribution in [3.8, 4) is 0 Å². The second-order valence-corrected chi connectivity index (χ2v) is 6.18. The third kappa shape index (κ3) is 2.23. The number of benzene rings is 1. The molecule has 0 aliphatic heterocycles. The van der Waals surface area contributed by atoms with Crippen molar-refractivity contribution in [2.75, 3.05) is 0 Å². The normalized spacial score (nSPS) is 13.0. The van der Waals surface area contributed by atoms with E-state index in [1.54, 1.807) is 11.3 Å². The number of rotatable bonds is 3. The van der Waals surface area contributed by atoms with Gasteiger partial charge in [0.25, 0.3) is 0 Å². The van der Waals surface area contributed by atoms with Gasteiger partial charge in [-0.25, -0.2) is 9.97 Å². The molecular formula is C15H16ClN3S. The van der Waals surface area contributed by atoms with Gasteiger partial charge in [0.2, 0.25) is 0 Å². The lowest BCUT2D eigenvalue weighted by molar-refractivity contribution is 0.628. The van der Waals surface area contributed by atoms with E-state index in [4.69, 9.17) is 11.6 Å². The van der Waals surface area contributed by atoms with Crippen LogP contribution in [-0.4, -0.2) is 14.5 Å². The van der Waals surface area contributed by atoms with E-state index in [-0.39, 0.29) is 6.04 Å². The SMILES string of the molecule is Cc1ccc2c(c1)nc(CCl)n2C(C)c1nc(C)cs1. The van der Waals surface area contributed by atoms with Crippen LogP contribution in [0.4, 0.5) is 0 Å². The highest BCUT2D eigenvalue weighted by Crippen LogP contribution is 2.29. The Morgan fingerprint density at radius 3 is 2.75 bits per heavy atom. The first-order chi connectivity index (χ1) is 9.60. The lowest BCUT2D eigenvalue weighted by Crippen LogP contribution is -2.09. The number of thiazole rings is 1. The summed E-state index contributed by atoms with van der Waals surface area (Å²) in [6.07, 6.45) is 0. The highest BCUT2D eigenvalue weighted by molar-refractivity contribution is 7.09. The molecule has 2 aromatic heterocycles. The number of aromatic nitrogens is 3. The van der Waals surface area contributed by atoms with Crippen LogP contribution in [0.5, 0.6) is 0 Å². The van der Waals surface area contributed by atoms with Gasteiger partial charge >= 0.3 is 0 Å². The Hall–Kier alpha value is -1.39. The van der Waals surface area contributed by atoms with E-state index >= 15 is 0 Å². The molecule has 3 nitrogen and oxygen atoms in total. The van der Waals surface area contributed by atoms with Crippen LogP contribution in [-0.2, 0) is 5.88 Å². The molecule has 0 radical (unpaired) electrons. The van der Waals surface area contributed by atoms with Gasteiger partial charge in [-0.15, -0.1) is 22.9 Å². The minimum atomic E-state index is 0.148. The number of halogens is 1. The maximum Gasteiger partial charge on any atom is 0.125 e. The van der Waals surface area contributed by atoms with Crippen molar-refractivity contribution in [2.45, 2.75) is 32.7 Å². The number of imidazole rings is 1. The molecule has 20 heavy (non-hydrogen) atoms. The van der Waals surface area contributed by atoms with Crippen LogP contribution < -0.4 is 0 Å². The first-order valence-electron chi connectivity index (χ1n) is 6.55. The minimum absolute atomic E-state index is 0.148. The molecule has 0 amide bonds. The zero-order valence-electron chi connectivity index (χ0n) is 11.7. The molecule has 0 saturated heterocycles. The monoisotopic (exact) mass is 305 g/mol. The third-order valence-electron chi connectivity index (χ3n) is 3.42. The Bertz CT molecular complexity index is 760. The topological polar surface area (TPSA) is 30.7 Å². The molecule has 3 aromatic rings. The number of aryl methyl sites for hydroxylation is 2. The molecule has 1 unspecified atom stereocenters. The zero-order valence-corrected chi connectivity index (χ0v) is 13.3. The van der Waals surface area contributed by atoms with E-state index in [9.17, 15) is 0 Å². The van der Waals surface area contributed by atoms with Crippen LogP contribution in [0.3, 0.4) is 0 Å². The molecule has 0 fully saturated rings. The first kappa shape index (κ1) is 13.6. The summed E-state index contributed by atoms with van der Waals surface area (Å²) in [5, 5.41) is 3.17. The highest BCUT2D eigenvalue weighted by Gasteiger charge is 2.18. The first-order valence-corrected chi connectivity index (χ1v) is 7.97. The summed E-state index contributed by atoms with van der Waals surface area (Å²) in [7, 11) is 0. The fourth-order valence-corrected chi connectivity index (χ4v) is 3.49. The quantitative estimate of drug-likeness (QED) is 0.669. The summed E-state index contributed by atoms with van der Waals surface area (Å²) in [4.78, 5) is 9.25. The fraction of sp³-hybridized carbons (Fsp3) is 0.333. The Balaban J connectivity index is 2.18. The van der Waals surface area contributed by atoms with Crippen molar-refractivity contribution >= 4 is 34.0 Å². The number of fused-ring (bicyclic) bond motifs is 1. The van der Waals surface area contributed by atoms with Crippen molar-refractivity contribution in [2.24, 2.45) is 0 Å². The zero-order chi connectivity index (χ0) is 14.3. The third-order valence-corrected chi connectivity index (χ3v) is 4.79. The van der Waals surface area contributed by atoms with Crippen molar-refractivity contribution in [1.82, 2.24) is 14.5 Å². The van der Waals surface area contributed by atoms with Crippen LogP contribution in [0.15, 0.2) is 23.6 Å². The second kappa shape index (κ2) is 5.19. The summed E-state index contributed by atoms with van der Waals surface area (Å²) in [5.41, 5.74) is 4.39. The lowest BCUT2D eigenvalue weighted by atomic mass is 10.2. The van der Waals surface area contributed by atoms with Gasteiger partial charge in [-0.2, -0.15) is 0 Å². The van der Waals surface area contributed by atoms with E-state index in [0.717, 1.165) is 27.6 Å². The predicted octanol–water partition coefficient (Wildman–Crippen LogP) is 4.46. The number of hydrogen-bond donors (Lipinski definition) is 0. The summed E-state index contributed by atoms with van der Waals surface area (Å²) in [6.45, 7) is 6.24. The summed E-state index contributed by atoms with van der Waals surface area (Å²) in [5.74, 6) is 1.30. The van der Waals surface area contributed by atoms with E-state index in [2.05, 4.69) is 52.0 Å². The van der Waals surface area contributed by atoms with Crippen LogP contribution in [0.1, 0.15) is 35.1 Å². The van der Waals surface area contributed by atoms with Gasteiger partial charge in [0.1, 0.15) is 10.8 Å². The highest BCUT2D eigenvalue weighted by atomic mass is 35.5. The van der Waals surface area contributed by atoms with Gasteiger partial charge in [0.15, 0.2) is 0 Å². The summed E-state index contributed by atoms with van der Waals surface area (Å²) in [6, 6.07) is 6.47. The second-order valence-electron chi connectivity index (χ2n) is 5.03. The van der Waals surface area contributed by atoms with Gasteiger partial charge in [-0.1, -0.05) is 6.07 Å². The Labute approximate surface area is 127 Å². The Kier molecular flexibility index (Phi) is 3.52. The van der Waals surface area contributed by atoms with Crippen LogP contribution in [0.25, 0.3) is 11.0 Å². The van der Waals surface area contributed by atoms with Gasteiger partial charge < -0.3 is 4.57 Å². The molecule has 0 N–H and O–H groups in total. The van der Waals surface area contributed by atoms with E-state index in [0.29, 0.717) is 5.88 Å². The van der Waals surface area contributed by atoms with Crippen LogP contribution in [0.2, 0.25) is 0 Å². The van der Waals surface area contributed by atoms with Crippen molar-refractivity contribution in [1.29, 1.82) is 0 Å². The molecule has 0 spiro atoms. The number of nitrogens with zero attached hydrogens (tertiary/aromatic N) is 3. The molecule has 3 rings (SSSR count). The van der Waals surface area contributed by atoms with Gasteiger partial charge in [-0.05, 0) is 38.5 Å².